The second-order valence-electron chi connectivity index (χ2n) is 6.25. The highest BCUT2D eigenvalue weighted by molar-refractivity contribution is 5.98. The van der Waals surface area contributed by atoms with Crippen LogP contribution in [0.4, 0.5) is 5.69 Å². The van der Waals surface area contributed by atoms with Crippen molar-refractivity contribution in [1.82, 2.24) is 0 Å². The number of rotatable bonds is 2. The monoisotopic (exact) mass is 355 g/mol. The zero-order valence-electron chi connectivity index (χ0n) is 14.1. The van der Waals surface area contributed by atoms with Gasteiger partial charge in [0.2, 0.25) is 0 Å². The van der Waals surface area contributed by atoms with Crippen molar-refractivity contribution in [2.45, 2.75) is 0 Å². The Morgan fingerprint density at radius 1 is 0.704 bits per heavy atom. The minimum atomic E-state index is -0.330. The number of benzene rings is 4. The average molecular weight is 355 g/mol. The molecule has 1 aliphatic heterocycles. The van der Waals surface area contributed by atoms with Crippen molar-refractivity contribution >= 4 is 16.5 Å². The van der Waals surface area contributed by atoms with E-state index >= 15 is 0 Å². The molecule has 0 saturated carbocycles. The Kier molecular flexibility index (Phi) is 3.33. The van der Waals surface area contributed by atoms with Crippen LogP contribution in [0.15, 0.2) is 78.9 Å². The Morgan fingerprint density at radius 3 is 2.15 bits per heavy atom. The van der Waals surface area contributed by atoms with Gasteiger partial charge in [-0.2, -0.15) is 0 Å². The lowest BCUT2D eigenvalue weighted by Gasteiger charge is -2.21. The van der Waals surface area contributed by atoms with Gasteiger partial charge in [-0.3, -0.25) is 10.1 Å². The largest absolute Gasteiger partial charge is 0.450 e. The molecule has 27 heavy (non-hydrogen) atoms. The number of para-hydroxylation sites is 2. The van der Waals surface area contributed by atoms with Crippen LogP contribution in [0, 0.1) is 10.1 Å². The van der Waals surface area contributed by atoms with E-state index in [2.05, 4.69) is 0 Å². The summed E-state index contributed by atoms with van der Waals surface area (Å²) in [4.78, 5) is 11.5. The summed E-state index contributed by atoms with van der Waals surface area (Å²) in [6, 6.07) is 23.7. The number of fused-ring (bicyclic) bond motifs is 3. The third kappa shape index (κ3) is 2.48. The van der Waals surface area contributed by atoms with Gasteiger partial charge in [0, 0.05) is 0 Å². The van der Waals surface area contributed by atoms with Crippen LogP contribution >= 0.6 is 0 Å². The van der Waals surface area contributed by atoms with Crippen LogP contribution < -0.4 is 9.47 Å². The highest BCUT2D eigenvalue weighted by atomic mass is 16.6. The highest BCUT2D eigenvalue weighted by Crippen LogP contribution is 2.47. The second kappa shape index (κ2) is 5.85. The second-order valence-corrected chi connectivity index (χ2v) is 6.25. The van der Waals surface area contributed by atoms with Crippen molar-refractivity contribution in [3.8, 4) is 34.1 Å². The smallest absolute Gasteiger partial charge is 0.284 e. The quantitative estimate of drug-likeness (QED) is 0.275. The molecule has 0 radical (unpaired) electrons. The average Bonchev–Trinajstić information content (AvgIpc) is 2.70. The summed E-state index contributed by atoms with van der Waals surface area (Å²) in [5, 5.41) is 13.3. The molecule has 0 saturated heterocycles. The topological polar surface area (TPSA) is 61.6 Å². The first-order valence-electron chi connectivity index (χ1n) is 8.46. The molecule has 0 spiro atoms. The van der Waals surface area contributed by atoms with E-state index < -0.39 is 0 Å². The van der Waals surface area contributed by atoms with Crippen molar-refractivity contribution in [3.63, 3.8) is 0 Å². The van der Waals surface area contributed by atoms with E-state index in [1.54, 1.807) is 30.3 Å². The minimum absolute atomic E-state index is 0.0881. The molecule has 1 heterocycles. The summed E-state index contributed by atoms with van der Waals surface area (Å²) in [6.07, 6.45) is 0. The van der Waals surface area contributed by atoms with Crippen LogP contribution in [0.25, 0.3) is 21.9 Å². The number of nitrogens with zero attached hydrogens (tertiary/aromatic N) is 1. The molecule has 1 aliphatic rings. The van der Waals surface area contributed by atoms with Crippen LogP contribution in [-0.2, 0) is 0 Å². The van der Waals surface area contributed by atoms with Crippen molar-refractivity contribution in [2.24, 2.45) is 0 Å². The zero-order chi connectivity index (χ0) is 18.4. The van der Waals surface area contributed by atoms with Gasteiger partial charge in [-0.15, -0.1) is 0 Å². The number of nitro benzene ring substituents is 1. The molecule has 5 rings (SSSR count). The van der Waals surface area contributed by atoms with Crippen molar-refractivity contribution in [2.75, 3.05) is 0 Å². The zero-order valence-corrected chi connectivity index (χ0v) is 14.1. The first-order chi connectivity index (χ1) is 13.2. The molecule has 0 aliphatic carbocycles. The number of nitro groups is 1. The maximum Gasteiger partial charge on any atom is 0.284 e. The van der Waals surface area contributed by atoms with Gasteiger partial charge in [-0.05, 0) is 47.3 Å². The number of hydrogen-bond acceptors (Lipinski definition) is 4. The van der Waals surface area contributed by atoms with Crippen LogP contribution in [0.3, 0.4) is 0 Å². The fourth-order valence-corrected chi connectivity index (χ4v) is 3.38. The fraction of sp³-hybridized carbons (Fsp3) is 0. The molecule has 130 valence electrons. The molecule has 0 fully saturated rings. The predicted molar refractivity (Wildman–Crippen MR) is 103 cm³/mol. The molecule has 0 N–H and O–H groups in total. The molecule has 0 amide bonds. The first-order valence-corrected chi connectivity index (χ1v) is 8.46. The summed E-state index contributed by atoms with van der Waals surface area (Å²) in [5.74, 6) is 2.39. The summed E-state index contributed by atoms with van der Waals surface area (Å²) < 4.78 is 11.8. The Labute approximate surface area is 154 Å². The van der Waals surface area contributed by atoms with Gasteiger partial charge in [0.1, 0.15) is 0 Å². The Balaban J connectivity index is 1.67. The van der Waals surface area contributed by atoms with Gasteiger partial charge < -0.3 is 9.47 Å². The van der Waals surface area contributed by atoms with Crippen LogP contribution in [0.5, 0.6) is 23.0 Å². The molecule has 0 aromatic heterocycles. The van der Waals surface area contributed by atoms with Crippen molar-refractivity contribution in [1.29, 1.82) is 0 Å². The molecule has 5 heteroatoms. The molecule has 0 atom stereocenters. The summed E-state index contributed by atoms with van der Waals surface area (Å²) >= 11 is 0. The summed E-state index contributed by atoms with van der Waals surface area (Å²) in [5.41, 5.74) is 1.34. The maximum atomic E-state index is 11.8. The van der Waals surface area contributed by atoms with Gasteiger partial charge >= 0.3 is 0 Å². The molecule has 0 bridgehead atoms. The van der Waals surface area contributed by atoms with Gasteiger partial charge in [0.25, 0.3) is 5.69 Å². The molecule has 4 aromatic rings. The Morgan fingerprint density at radius 2 is 1.37 bits per heavy atom. The lowest BCUT2D eigenvalue weighted by atomic mass is 9.98. The molecule has 5 nitrogen and oxygen atoms in total. The number of hydrogen-bond donors (Lipinski definition) is 0. The fourth-order valence-electron chi connectivity index (χ4n) is 3.38. The molecular formula is C22H13NO4. The van der Waals surface area contributed by atoms with E-state index in [9.17, 15) is 10.1 Å². The van der Waals surface area contributed by atoms with Gasteiger partial charge in [-0.1, -0.05) is 42.5 Å². The van der Waals surface area contributed by atoms with E-state index in [1.807, 2.05) is 48.5 Å². The predicted octanol–water partition coefficient (Wildman–Crippen LogP) is 6.31. The molecule has 4 aromatic carbocycles. The van der Waals surface area contributed by atoms with E-state index in [0.29, 0.717) is 39.5 Å². The Hall–Kier alpha value is -3.86. The van der Waals surface area contributed by atoms with E-state index in [1.165, 1.54) is 0 Å². The van der Waals surface area contributed by atoms with E-state index in [4.69, 9.17) is 9.47 Å². The molecule has 0 unspecified atom stereocenters. The summed E-state index contributed by atoms with van der Waals surface area (Å²) in [6.45, 7) is 0. The standard InChI is InChI=1S/C22H13NO4/c24-23(25)22-16-6-2-1-5-14(16)9-11-17(22)15-10-12-20-21(13-15)27-19-8-4-3-7-18(19)26-20/h1-13H. The van der Waals surface area contributed by atoms with Gasteiger partial charge in [0.05, 0.1) is 15.9 Å². The maximum absolute atomic E-state index is 11.8. The van der Waals surface area contributed by atoms with E-state index in [-0.39, 0.29) is 10.6 Å². The van der Waals surface area contributed by atoms with Gasteiger partial charge in [0.15, 0.2) is 23.0 Å². The van der Waals surface area contributed by atoms with Crippen molar-refractivity contribution in [3.05, 3.63) is 89.0 Å². The highest BCUT2D eigenvalue weighted by Gasteiger charge is 2.23. The van der Waals surface area contributed by atoms with Crippen LogP contribution in [-0.4, -0.2) is 4.92 Å². The SMILES string of the molecule is O=[N+]([O-])c1c(-c2ccc3c(c2)Oc2ccccc2O3)ccc2ccccc12. The minimum Gasteiger partial charge on any atom is -0.450 e. The normalized spacial score (nSPS) is 11.9. The third-order valence-electron chi connectivity index (χ3n) is 4.63. The first kappa shape index (κ1) is 15.4. The van der Waals surface area contributed by atoms with E-state index in [0.717, 1.165) is 5.39 Å². The van der Waals surface area contributed by atoms with Crippen LogP contribution in [0.1, 0.15) is 0 Å². The third-order valence-corrected chi connectivity index (χ3v) is 4.63. The van der Waals surface area contributed by atoms with Crippen molar-refractivity contribution < 1.29 is 14.4 Å². The van der Waals surface area contributed by atoms with Crippen LogP contribution in [0.2, 0.25) is 0 Å². The summed E-state index contributed by atoms with van der Waals surface area (Å²) in [7, 11) is 0. The lowest BCUT2D eigenvalue weighted by molar-refractivity contribution is -0.382. The van der Waals surface area contributed by atoms with Gasteiger partial charge in [-0.25, -0.2) is 0 Å². The lowest BCUT2D eigenvalue weighted by Crippen LogP contribution is -1.99. The molecular weight excluding hydrogens is 342 g/mol. The Bertz CT molecular complexity index is 1220. The number of ether oxygens (including phenoxy) is 2.